The quantitative estimate of drug-likeness (QED) is 0.323. The molecule has 0 spiro atoms. The molecular weight excluding hydrogens is 413 g/mol. The zero-order valence-corrected chi connectivity index (χ0v) is 23.6. The van der Waals surface area contributed by atoms with Gasteiger partial charge in [-0.1, -0.05) is 73.1 Å². The van der Waals surface area contributed by atoms with Crippen molar-refractivity contribution in [3.63, 3.8) is 0 Å². The van der Waals surface area contributed by atoms with Gasteiger partial charge in [-0.2, -0.15) is 0 Å². The molecule has 0 aliphatic heterocycles. The number of hydrogen-bond donors (Lipinski definition) is 0. The first-order valence-electron chi connectivity index (χ1n) is 13.0. The number of para-hydroxylation sites is 1. The Bertz CT molecular complexity index is 666. The van der Waals surface area contributed by atoms with Gasteiger partial charge >= 0.3 is 8.53 Å². The van der Waals surface area contributed by atoms with Crippen molar-refractivity contribution in [3.05, 3.63) is 29.3 Å². The van der Waals surface area contributed by atoms with E-state index in [9.17, 15) is 0 Å². The fourth-order valence-electron chi connectivity index (χ4n) is 5.11. The van der Waals surface area contributed by atoms with Crippen molar-refractivity contribution in [2.24, 2.45) is 17.8 Å². The zero-order valence-electron chi connectivity index (χ0n) is 22.7. The SMILES string of the molecule is CC(C)c1cccc(C(C)C)c1OP(O[C@@H]1C[C@H](C)CC[C@H]1C(C)C)N(C(C)C)C(C)C. The summed E-state index contributed by atoms with van der Waals surface area (Å²) in [6.45, 7) is 25.2. The van der Waals surface area contributed by atoms with Crippen molar-refractivity contribution in [1.29, 1.82) is 0 Å². The van der Waals surface area contributed by atoms with Gasteiger partial charge in [0.1, 0.15) is 5.75 Å². The molecule has 184 valence electrons. The second kappa shape index (κ2) is 12.2. The van der Waals surface area contributed by atoms with Crippen molar-refractivity contribution < 1.29 is 9.05 Å². The van der Waals surface area contributed by atoms with Crippen LogP contribution in [0, 0.1) is 17.8 Å². The third kappa shape index (κ3) is 6.94. The Balaban J connectivity index is 2.49. The van der Waals surface area contributed by atoms with Gasteiger partial charge in [-0.25, -0.2) is 4.67 Å². The molecule has 1 aliphatic carbocycles. The average molecular weight is 464 g/mol. The predicted molar refractivity (Wildman–Crippen MR) is 140 cm³/mol. The maximum absolute atomic E-state index is 7.06. The first-order valence-corrected chi connectivity index (χ1v) is 14.1. The van der Waals surface area contributed by atoms with Crippen LogP contribution in [0.25, 0.3) is 0 Å². The van der Waals surface area contributed by atoms with Crippen LogP contribution >= 0.6 is 8.53 Å². The van der Waals surface area contributed by atoms with Crippen molar-refractivity contribution in [1.82, 2.24) is 4.67 Å². The lowest BCUT2D eigenvalue weighted by Gasteiger charge is -2.42. The Kier molecular flexibility index (Phi) is 10.5. The first-order chi connectivity index (χ1) is 14.9. The summed E-state index contributed by atoms with van der Waals surface area (Å²) >= 11 is 0. The maximum atomic E-state index is 7.06. The highest BCUT2D eigenvalue weighted by molar-refractivity contribution is 7.45. The van der Waals surface area contributed by atoms with Crippen molar-refractivity contribution in [2.75, 3.05) is 0 Å². The molecule has 1 saturated carbocycles. The van der Waals surface area contributed by atoms with Crippen LogP contribution in [0.5, 0.6) is 5.75 Å². The largest absolute Gasteiger partial charge is 0.435 e. The molecule has 0 amide bonds. The molecule has 1 aliphatic rings. The molecule has 3 nitrogen and oxygen atoms in total. The van der Waals surface area contributed by atoms with Crippen LogP contribution in [0.15, 0.2) is 18.2 Å². The Morgan fingerprint density at radius 3 is 1.81 bits per heavy atom. The average Bonchev–Trinajstić information content (AvgIpc) is 2.66. The van der Waals surface area contributed by atoms with Gasteiger partial charge in [0.05, 0.1) is 6.10 Å². The van der Waals surface area contributed by atoms with Crippen molar-refractivity contribution in [2.45, 2.75) is 125 Å². The Labute approximate surface area is 200 Å². The van der Waals surface area contributed by atoms with Gasteiger partial charge in [-0.15, -0.1) is 0 Å². The molecule has 2 rings (SSSR count). The van der Waals surface area contributed by atoms with Gasteiger partial charge < -0.3 is 9.05 Å². The van der Waals surface area contributed by atoms with Gasteiger partial charge in [0, 0.05) is 12.1 Å². The number of benzene rings is 1. The van der Waals surface area contributed by atoms with Crippen LogP contribution in [0.1, 0.15) is 118 Å². The highest BCUT2D eigenvalue weighted by Crippen LogP contribution is 2.53. The van der Waals surface area contributed by atoms with Crippen LogP contribution in [0.2, 0.25) is 0 Å². The zero-order chi connectivity index (χ0) is 24.2. The van der Waals surface area contributed by atoms with Crippen LogP contribution in [-0.2, 0) is 4.52 Å². The number of nitrogens with zero attached hydrogens (tertiary/aromatic N) is 1. The van der Waals surface area contributed by atoms with Crippen LogP contribution in [0.4, 0.5) is 0 Å². The molecule has 0 aromatic heterocycles. The molecule has 32 heavy (non-hydrogen) atoms. The van der Waals surface area contributed by atoms with Crippen LogP contribution < -0.4 is 4.52 Å². The van der Waals surface area contributed by atoms with E-state index in [4.69, 9.17) is 9.05 Å². The van der Waals surface area contributed by atoms with Crippen molar-refractivity contribution >= 4 is 8.53 Å². The lowest BCUT2D eigenvalue weighted by Crippen LogP contribution is -2.39. The molecule has 4 atom stereocenters. The molecule has 1 fully saturated rings. The minimum Gasteiger partial charge on any atom is -0.435 e. The molecule has 4 heteroatoms. The van der Waals surface area contributed by atoms with E-state index < -0.39 is 8.53 Å². The maximum Gasteiger partial charge on any atom is 0.321 e. The third-order valence-corrected chi connectivity index (χ3v) is 9.01. The van der Waals surface area contributed by atoms with E-state index in [0.29, 0.717) is 41.7 Å². The standard InChI is InChI=1S/C28H50NO2P/c1-18(2)24-16-15-23(11)17-27(24)30-32(29(21(7)8)22(9)10)31-28-25(19(3)4)13-12-14-26(28)20(5)6/h12-14,18-24,27H,15-17H2,1-11H3/t23-,24+,27-,32?/m1/s1. The smallest absolute Gasteiger partial charge is 0.321 e. The van der Waals surface area contributed by atoms with E-state index in [1.54, 1.807) is 0 Å². The molecule has 0 bridgehead atoms. The minimum absolute atomic E-state index is 0.263. The highest BCUT2D eigenvalue weighted by Gasteiger charge is 2.38. The molecule has 1 aromatic carbocycles. The summed E-state index contributed by atoms with van der Waals surface area (Å²) in [5.41, 5.74) is 2.58. The fourth-order valence-corrected chi connectivity index (χ4v) is 6.96. The topological polar surface area (TPSA) is 21.7 Å². The van der Waals surface area contributed by atoms with Gasteiger partial charge in [0.15, 0.2) is 0 Å². The normalized spacial score (nSPS) is 23.2. The van der Waals surface area contributed by atoms with Crippen LogP contribution in [-0.4, -0.2) is 22.9 Å². The summed E-state index contributed by atoms with van der Waals surface area (Å²) in [7, 11) is -1.22. The summed E-state index contributed by atoms with van der Waals surface area (Å²) < 4.78 is 16.5. The summed E-state index contributed by atoms with van der Waals surface area (Å²) in [5.74, 6) is 3.82. The number of rotatable bonds is 10. The number of hydrogen-bond acceptors (Lipinski definition) is 3. The monoisotopic (exact) mass is 463 g/mol. The van der Waals surface area contributed by atoms with E-state index in [-0.39, 0.29) is 6.10 Å². The molecule has 1 aromatic rings. The summed E-state index contributed by atoms with van der Waals surface area (Å²) in [6, 6.07) is 7.35. The second-order valence-corrected chi connectivity index (χ2v) is 12.8. The molecule has 0 saturated heterocycles. The summed E-state index contributed by atoms with van der Waals surface area (Å²) in [4.78, 5) is 0. The molecule has 1 unspecified atom stereocenters. The minimum atomic E-state index is -1.22. The molecular formula is C28H50NO2P. The van der Waals surface area contributed by atoms with E-state index in [2.05, 4.69) is 99.0 Å². The third-order valence-electron chi connectivity index (χ3n) is 6.92. The molecule has 0 heterocycles. The van der Waals surface area contributed by atoms with E-state index >= 15 is 0 Å². The highest BCUT2D eigenvalue weighted by atomic mass is 31.2. The van der Waals surface area contributed by atoms with Gasteiger partial charge in [-0.3, -0.25) is 0 Å². The van der Waals surface area contributed by atoms with E-state index in [1.807, 2.05) is 0 Å². The molecule has 0 radical (unpaired) electrons. The predicted octanol–water partition coefficient (Wildman–Crippen LogP) is 9.14. The van der Waals surface area contributed by atoms with Crippen LogP contribution in [0.3, 0.4) is 0 Å². The molecule has 0 N–H and O–H groups in total. The Morgan fingerprint density at radius 2 is 1.38 bits per heavy atom. The van der Waals surface area contributed by atoms with Gasteiger partial charge in [0.2, 0.25) is 0 Å². The lowest BCUT2D eigenvalue weighted by molar-refractivity contribution is 0.0370. The van der Waals surface area contributed by atoms with E-state index in [0.717, 1.165) is 12.2 Å². The summed E-state index contributed by atoms with van der Waals surface area (Å²) in [6.07, 6.45) is 3.97. The first kappa shape index (κ1) is 27.6. The van der Waals surface area contributed by atoms with Gasteiger partial charge in [-0.05, 0) is 81.3 Å². The van der Waals surface area contributed by atoms with Crippen molar-refractivity contribution in [3.8, 4) is 5.75 Å². The van der Waals surface area contributed by atoms with Gasteiger partial charge in [0.25, 0.3) is 0 Å². The lowest BCUT2D eigenvalue weighted by atomic mass is 9.75. The summed E-state index contributed by atoms with van der Waals surface area (Å²) in [5, 5.41) is 0. The van der Waals surface area contributed by atoms with E-state index in [1.165, 1.54) is 24.0 Å². The Hall–Kier alpha value is -0.630. The second-order valence-electron chi connectivity index (χ2n) is 11.4. The Morgan fingerprint density at radius 1 is 0.844 bits per heavy atom. The fraction of sp³-hybridized carbons (Fsp3) is 0.786.